The fourth-order valence-electron chi connectivity index (χ4n) is 3.52. The van der Waals surface area contributed by atoms with Gasteiger partial charge in [0.2, 0.25) is 5.91 Å². The molecule has 1 saturated carbocycles. The van der Waals surface area contributed by atoms with Crippen LogP contribution in [0.5, 0.6) is 0 Å². The van der Waals surface area contributed by atoms with E-state index in [1.165, 1.54) is 5.56 Å². The van der Waals surface area contributed by atoms with E-state index >= 15 is 0 Å². The van der Waals surface area contributed by atoms with Gasteiger partial charge in [-0.15, -0.1) is 0 Å². The Hall–Kier alpha value is -1.75. The first kappa shape index (κ1) is 16.1. The number of benzene rings is 1. The van der Waals surface area contributed by atoms with Gasteiger partial charge in [0.25, 0.3) is 0 Å². The van der Waals surface area contributed by atoms with E-state index in [1.54, 1.807) is 0 Å². The minimum atomic E-state index is -0.978. The number of likely N-dealkylation sites (tertiary alicyclic amines) is 1. The Morgan fingerprint density at radius 2 is 1.70 bits per heavy atom. The summed E-state index contributed by atoms with van der Waals surface area (Å²) in [5.74, 6) is 0.679. The molecular formula is C17H21ClN2O3. The topological polar surface area (TPSA) is 69.6 Å². The Labute approximate surface area is 140 Å². The quantitative estimate of drug-likeness (QED) is 0.891. The zero-order valence-corrected chi connectivity index (χ0v) is 13.6. The molecule has 0 bridgehead atoms. The monoisotopic (exact) mass is 336 g/mol. The summed E-state index contributed by atoms with van der Waals surface area (Å²) in [6, 6.07) is 7.82. The van der Waals surface area contributed by atoms with E-state index in [-0.39, 0.29) is 17.9 Å². The molecule has 1 aliphatic carbocycles. The number of carboxylic acid groups (broad SMARTS) is 1. The molecular weight excluding hydrogens is 316 g/mol. The van der Waals surface area contributed by atoms with Gasteiger partial charge in [0.05, 0.1) is 0 Å². The van der Waals surface area contributed by atoms with E-state index in [0.717, 1.165) is 43.8 Å². The van der Waals surface area contributed by atoms with Gasteiger partial charge in [-0.05, 0) is 43.4 Å². The molecule has 0 unspecified atom stereocenters. The lowest BCUT2D eigenvalue weighted by atomic mass is 9.83. The van der Waals surface area contributed by atoms with Crippen molar-refractivity contribution < 1.29 is 14.7 Å². The molecule has 5 nitrogen and oxygen atoms in total. The second-order valence-corrected chi connectivity index (χ2v) is 6.93. The molecule has 1 aliphatic heterocycles. The van der Waals surface area contributed by atoms with Crippen LogP contribution in [0.3, 0.4) is 0 Å². The predicted octanol–water partition coefficient (Wildman–Crippen LogP) is 3.09. The summed E-state index contributed by atoms with van der Waals surface area (Å²) in [4.78, 5) is 25.1. The van der Waals surface area contributed by atoms with Gasteiger partial charge in [0, 0.05) is 36.0 Å². The molecule has 0 atom stereocenters. The van der Waals surface area contributed by atoms with Crippen LogP contribution in [0.4, 0.5) is 4.79 Å². The van der Waals surface area contributed by atoms with Crippen LogP contribution >= 0.6 is 11.6 Å². The minimum absolute atomic E-state index is 0.00486. The van der Waals surface area contributed by atoms with Crippen LogP contribution in [0, 0.1) is 5.92 Å². The highest BCUT2D eigenvalue weighted by molar-refractivity contribution is 6.30. The van der Waals surface area contributed by atoms with Gasteiger partial charge in [-0.2, -0.15) is 0 Å². The van der Waals surface area contributed by atoms with Crippen molar-refractivity contribution in [1.29, 1.82) is 0 Å². The molecule has 3 rings (SSSR count). The van der Waals surface area contributed by atoms with Crippen LogP contribution in [0.2, 0.25) is 5.02 Å². The molecule has 0 radical (unpaired) electrons. The second-order valence-electron chi connectivity index (χ2n) is 6.49. The molecule has 1 saturated heterocycles. The summed E-state index contributed by atoms with van der Waals surface area (Å²) in [5.41, 5.74) is 1.23. The predicted molar refractivity (Wildman–Crippen MR) is 87.7 cm³/mol. The number of hydrogen-bond donors (Lipinski definition) is 2. The molecule has 23 heavy (non-hydrogen) atoms. The summed E-state index contributed by atoms with van der Waals surface area (Å²) in [6.07, 6.45) is 2.06. The van der Waals surface area contributed by atoms with Crippen molar-refractivity contribution in [3.8, 4) is 0 Å². The third-order valence-electron chi connectivity index (χ3n) is 4.94. The maximum Gasteiger partial charge on any atom is 0.404 e. The Bertz CT molecular complexity index is 576. The van der Waals surface area contributed by atoms with Crippen LogP contribution in [0.25, 0.3) is 0 Å². The number of rotatable bonds is 3. The SMILES string of the molecule is O=C(O)N[C@H]1CC[C@H](C(=O)N2CC(c3ccc(Cl)cc3)C2)CC1. The fourth-order valence-corrected chi connectivity index (χ4v) is 3.65. The van der Waals surface area contributed by atoms with E-state index in [1.807, 2.05) is 29.2 Å². The van der Waals surface area contributed by atoms with Gasteiger partial charge >= 0.3 is 6.09 Å². The van der Waals surface area contributed by atoms with Gasteiger partial charge in [-0.25, -0.2) is 4.79 Å². The minimum Gasteiger partial charge on any atom is -0.465 e. The van der Waals surface area contributed by atoms with Gasteiger partial charge in [-0.3, -0.25) is 4.79 Å². The van der Waals surface area contributed by atoms with E-state index in [2.05, 4.69) is 5.32 Å². The van der Waals surface area contributed by atoms with Crippen molar-refractivity contribution in [1.82, 2.24) is 10.2 Å². The van der Waals surface area contributed by atoms with Gasteiger partial charge in [0.15, 0.2) is 0 Å². The van der Waals surface area contributed by atoms with E-state index in [0.29, 0.717) is 5.92 Å². The molecule has 2 fully saturated rings. The highest BCUT2D eigenvalue weighted by atomic mass is 35.5. The van der Waals surface area contributed by atoms with Crippen LogP contribution in [-0.4, -0.2) is 41.1 Å². The first-order valence-electron chi connectivity index (χ1n) is 8.06. The van der Waals surface area contributed by atoms with Crippen LogP contribution in [0.15, 0.2) is 24.3 Å². The maximum atomic E-state index is 12.5. The second kappa shape index (κ2) is 6.79. The van der Waals surface area contributed by atoms with Crippen molar-refractivity contribution >= 4 is 23.6 Å². The Morgan fingerprint density at radius 1 is 1.09 bits per heavy atom. The van der Waals surface area contributed by atoms with Crippen LogP contribution in [-0.2, 0) is 4.79 Å². The average molecular weight is 337 g/mol. The van der Waals surface area contributed by atoms with Crippen molar-refractivity contribution in [3.63, 3.8) is 0 Å². The van der Waals surface area contributed by atoms with Crippen LogP contribution < -0.4 is 5.32 Å². The average Bonchev–Trinajstić information content (AvgIpc) is 2.48. The number of amides is 2. The molecule has 0 spiro atoms. The lowest BCUT2D eigenvalue weighted by molar-refractivity contribution is -0.141. The molecule has 124 valence electrons. The van der Waals surface area contributed by atoms with Crippen molar-refractivity contribution in [2.75, 3.05) is 13.1 Å². The fraction of sp³-hybridized carbons (Fsp3) is 0.529. The smallest absolute Gasteiger partial charge is 0.404 e. The molecule has 2 N–H and O–H groups in total. The van der Waals surface area contributed by atoms with E-state index < -0.39 is 6.09 Å². The number of carbonyl (C=O) groups is 2. The Kier molecular flexibility index (Phi) is 4.76. The van der Waals surface area contributed by atoms with Crippen LogP contribution in [0.1, 0.15) is 37.2 Å². The van der Waals surface area contributed by atoms with Gasteiger partial charge in [-0.1, -0.05) is 23.7 Å². The summed E-state index contributed by atoms with van der Waals surface area (Å²) >= 11 is 5.90. The van der Waals surface area contributed by atoms with Gasteiger partial charge < -0.3 is 15.3 Å². The van der Waals surface area contributed by atoms with Crippen molar-refractivity contribution in [2.45, 2.75) is 37.6 Å². The number of nitrogens with zero attached hydrogens (tertiary/aromatic N) is 1. The lowest BCUT2D eigenvalue weighted by Gasteiger charge is -2.42. The van der Waals surface area contributed by atoms with E-state index in [4.69, 9.17) is 16.7 Å². The number of halogens is 1. The summed E-state index contributed by atoms with van der Waals surface area (Å²) in [5, 5.41) is 12.0. The largest absolute Gasteiger partial charge is 0.465 e. The zero-order valence-electron chi connectivity index (χ0n) is 12.9. The Balaban J connectivity index is 1.46. The zero-order chi connectivity index (χ0) is 16.4. The maximum absolute atomic E-state index is 12.5. The molecule has 0 aromatic heterocycles. The van der Waals surface area contributed by atoms with Gasteiger partial charge in [0.1, 0.15) is 0 Å². The lowest BCUT2D eigenvalue weighted by Crippen LogP contribution is -2.51. The molecule has 2 aliphatic rings. The van der Waals surface area contributed by atoms with Crippen molar-refractivity contribution in [3.05, 3.63) is 34.9 Å². The highest BCUT2D eigenvalue weighted by Gasteiger charge is 2.36. The molecule has 2 amide bonds. The third-order valence-corrected chi connectivity index (χ3v) is 5.19. The third kappa shape index (κ3) is 3.78. The Morgan fingerprint density at radius 3 is 2.26 bits per heavy atom. The summed E-state index contributed by atoms with van der Waals surface area (Å²) in [7, 11) is 0. The van der Waals surface area contributed by atoms with Crippen molar-refractivity contribution in [2.24, 2.45) is 5.92 Å². The molecule has 1 aromatic rings. The first-order chi connectivity index (χ1) is 11.0. The number of carbonyl (C=O) groups excluding carboxylic acids is 1. The van der Waals surface area contributed by atoms with E-state index in [9.17, 15) is 9.59 Å². The molecule has 1 heterocycles. The summed E-state index contributed by atoms with van der Waals surface area (Å²) < 4.78 is 0. The number of nitrogens with one attached hydrogen (secondary N) is 1. The molecule has 6 heteroatoms. The summed E-state index contributed by atoms with van der Waals surface area (Å²) in [6.45, 7) is 1.54. The highest BCUT2D eigenvalue weighted by Crippen LogP contribution is 2.32. The first-order valence-corrected chi connectivity index (χ1v) is 8.44. The number of hydrogen-bond acceptors (Lipinski definition) is 2. The standard InChI is InChI=1S/C17H21ClN2O3/c18-14-5-1-11(2-6-14)13-9-20(10-13)16(21)12-3-7-15(8-4-12)19-17(22)23/h1-2,5-6,12-13,15,19H,3-4,7-10H2,(H,22,23)/t12-,15-. The molecule has 1 aromatic carbocycles. The normalized spacial score (nSPS) is 24.8.